The maximum absolute atomic E-state index is 11.5. The van der Waals surface area contributed by atoms with E-state index in [2.05, 4.69) is 284 Å². The van der Waals surface area contributed by atoms with Gasteiger partial charge < -0.3 is 41.7 Å². The molecule has 0 saturated heterocycles. The number of halogens is 2. The summed E-state index contributed by atoms with van der Waals surface area (Å²) >= 11 is 10.1. The topological polar surface area (TPSA) is 190 Å². The van der Waals surface area contributed by atoms with Crippen molar-refractivity contribution in [3.63, 3.8) is 0 Å². The summed E-state index contributed by atoms with van der Waals surface area (Å²) in [4.78, 5) is 17.0. The summed E-state index contributed by atoms with van der Waals surface area (Å²) in [5.41, 5.74) is 13.2. The van der Waals surface area contributed by atoms with E-state index in [9.17, 15) is 20.4 Å². The van der Waals surface area contributed by atoms with Crippen LogP contribution in [0.15, 0.2) is 360 Å². The van der Waals surface area contributed by atoms with Gasteiger partial charge in [-0.15, -0.1) is 46.2 Å². The summed E-state index contributed by atoms with van der Waals surface area (Å²) in [6.07, 6.45) is 4.07. The molecule has 12 aromatic rings. The van der Waals surface area contributed by atoms with Gasteiger partial charge in [0.2, 0.25) is 0 Å². The predicted octanol–water partition coefficient (Wildman–Crippen LogP) is 8.69. The van der Waals surface area contributed by atoms with Gasteiger partial charge in [-0.2, -0.15) is 43.7 Å². The molecule has 0 bridgehead atoms. The first kappa shape index (κ1) is 87.0. The Hall–Kier alpha value is -9.89. The smallest absolute Gasteiger partial charge is 0.872 e. The minimum Gasteiger partial charge on any atom is -0.872 e. The summed E-state index contributed by atoms with van der Waals surface area (Å²) in [7, 11) is 0. The van der Waals surface area contributed by atoms with Crippen LogP contribution in [0.5, 0.6) is 23.0 Å². The maximum atomic E-state index is 11.5. The molecule has 18 heteroatoms. The van der Waals surface area contributed by atoms with E-state index in [1.165, 1.54) is 68.0 Å². The summed E-state index contributed by atoms with van der Waals surface area (Å²) < 4.78 is 0. The second kappa shape index (κ2) is 51.4. The first-order valence-electron chi connectivity index (χ1n) is 36.0. The Morgan fingerprint density at radius 2 is 0.370 bits per heavy atom. The summed E-state index contributed by atoms with van der Waals surface area (Å²) in [6.45, 7) is 8.91. The largest absolute Gasteiger partial charge is 5.00 e. The van der Waals surface area contributed by atoms with Crippen LogP contribution in [0.3, 0.4) is 0 Å². The maximum Gasteiger partial charge on any atom is 5.00 e. The minimum absolute atomic E-state index is 0. The molecule has 0 aliphatic rings. The quantitative estimate of drug-likeness (QED) is 0.0144. The van der Waals surface area contributed by atoms with Crippen LogP contribution in [0, 0.1) is 0 Å². The fraction of sp³-hybridized carbons (Fsp3) is 0.156. The zero-order chi connectivity index (χ0) is 74.2. The molecule has 0 atom stereocenters. The third-order valence-electron chi connectivity index (χ3n) is 17.7. The van der Waals surface area contributed by atoms with Crippen molar-refractivity contribution < 1.29 is 54.6 Å². The van der Waals surface area contributed by atoms with Crippen molar-refractivity contribution in [2.45, 2.75) is 0 Å². The molecule has 4 N–H and O–H groups in total. The van der Waals surface area contributed by atoms with E-state index in [4.69, 9.17) is 23.2 Å². The monoisotopic (exact) mass is 1550 g/mol. The van der Waals surface area contributed by atoms with E-state index in [1.807, 2.05) is 24.3 Å². The fourth-order valence-electron chi connectivity index (χ4n) is 12.7. The van der Waals surface area contributed by atoms with Gasteiger partial charge in [0.25, 0.3) is 0 Å². The zero-order valence-corrected chi connectivity index (χ0v) is 64.3. The zero-order valence-electron chi connectivity index (χ0n) is 60.6. The Balaban J connectivity index is 0.000000220. The molecule has 0 heterocycles. The van der Waals surface area contributed by atoms with Crippen molar-refractivity contribution in [2.24, 2.45) is 20.0 Å². The SMILES string of the molecule is ClCCCl.[Fe+5].[Fe+5].[O-]c1ccccc1C=NCCNCCNCCN=Cc1ccccc1[O-].[O-]c1ccccc1C=NCCNCCNCCN=Cc1ccccc1[O-].c1ccc([B-](c2ccccc2)(c2ccccc2)c2ccccc2)cc1.c1ccc([B-](c2ccccc2)(c2ccccc2)c2ccccc2)cc1. The molecule has 0 saturated carbocycles. The van der Waals surface area contributed by atoms with Gasteiger partial charge in [0.05, 0.1) is 26.2 Å². The average Bonchev–Trinajstić information content (AvgIpc) is 0.745. The molecule has 0 aromatic heterocycles. The number of nitrogens with one attached hydrogen (secondary N) is 4. The number of hydrogen-bond acceptors (Lipinski definition) is 12. The number of para-hydroxylation sites is 4. The van der Waals surface area contributed by atoms with Gasteiger partial charge in [-0.3, -0.25) is 20.0 Å². The van der Waals surface area contributed by atoms with Crippen LogP contribution in [0.4, 0.5) is 0 Å². The van der Waals surface area contributed by atoms with Crippen molar-refractivity contribution in [1.29, 1.82) is 0 Å². The molecule has 0 spiro atoms. The van der Waals surface area contributed by atoms with Crippen LogP contribution in [-0.4, -0.2) is 127 Å². The fourth-order valence-corrected chi connectivity index (χ4v) is 12.7. The van der Waals surface area contributed by atoms with Crippen molar-refractivity contribution in [3.05, 3.63) is 362 Å². The van der Waals surface area contributed by atoms with Crippen molar-refractivity contribution in [1.82, 2.24) is 21.3 Å². The summed E-state index contributed by atoms with van der Waals surface area (Å²) in [6, 6.07) is 114. The Kier molecular flexibility index (Phi) is 41.4. The van der Waals surface area contributed by atoms with Gasteiger partial charge in [-0.25, -0.2) is 0 Å². The number of aliphatic imine (C=N–C) groups is 4. The molecule has 108 heavy (non-hydrogen) atoms. The van der Waals surface area contributed by atoms with Crippen LogP contribution in [0.25, 0.3) is 0 Å². The van der Waals surface area contributed by atoms with Crippen LogP contribution in [0.1, 0.15) is 22.3 Å². The standard InChI is InChI=1S/2C24H20B.2C20H26N4O2.C2H4Cl2.2Fe/c2*1-5-13-21(14-6-1)25(22-15-7-2-8-16-22,23-17-9-3-10-18-23)24-19-11-4-12-20-24;2*25-19-7-3-1-5-17(19)15-23-13-11-21-9-10-22-12-14-24-16-18-6-2-4-8-20(18)26;3-1-2-4;;/h2*1-20H;2*1-8,15-16,21-22,25-26H,9-14H2;1-2H2;;/q2*-1;;;;2*+5/p-4. The van der Waals surface area contributed by atoms with E-state index in [1.54, 1.807) is 73.4 Å². The third kappa shape index (κ3) is 27.7. The van der Waals surface area contributed by atoms with Crippen molar-refractivity contribution in [3.8, 4) is 23.0 Å². The first-order valence-corrected chi connectivity index (χ1v) is 37.1. The van der Waals surface area contributed by atoms with E-state index >= 15 is 0 Å². The normalized spacial score (nSPS) is 11.0. The van der Waals surface area contributed by atoms with E-state index in [-0.39, 0.29) is 57.1 Å². The number of benzene rings is 12. The van der Waals surface area contributed by atoms with Crippen molar-refractivity contribution in [2.75, 3.05) is 90.3 Å². The number of alkyl halides is 2. The molecule has 0 unspecified atom stereocenters. The molecule has 548 valence electrons. The second-order valence-electron chi connectivity index (χ2n) is 24.7. The van der Waals surface area contributed by atoms with Crippen LogP contribution in [-0.2, 0) is 34.1 Å². The second-order valence-corrected chi connectivity index (χ2v) is 25.4. The molecule has 12 aromatic carbocycles. The molecule has 2 radical (unpaired) electrons. The van der Waals surface area contributed by atoms with Gasteiger partial charge >= 0.3 is 34.1 Å². The van der Waals surface area contributed by atoms with Gasteiger partial charge in [-0.05, 0) is 22.3 Å². The Labute approximate surface area is 670 Å². The minimum atomic E-state index is -1.22. The molecule has 0 aliphatic carbocycles. The third-order valence-corrected chi connectivity index (χ3v) is 18.3. The van der Waals surface area contributed by atoms with Gasteiger partial charge in [-0.1, -0.05) is 340 Å². The summed E-state index contributed by atoms with van der Waals surface area (Å²) in [5.74, 6) is 1.09. The molecular formula is C90H92B2Cl2Fe2N8O4+4. The summed E-state index contributed by atoms with van der Waals surface area (Å²) in [5, 5.41) is 59.1. The Morgan fingerprint density at radius 3 is 0.519 bits per heavy atom. The van der Waals surface area contributed by atoms with Crippen LogP contribution in [0.2, 0.25) is 0 Å². The Bertz CT molecular complexity index is 3740. The number of hydrogen-bond donors (Lipinski definition) is 4. The molecule has 0 aliphatic heterocycles. The van der Waals surface area contributed by atoms with Crippen molar-refractivity contribution >= 4 is 104 Å². The van der Waals surface area contributed by atoms with Crippen LogP contribution >= 0.6 is 23.2 Å². The average molecular weight is 1550 g/mol. The molecule has 12 nitrogen and oxygen atoms in total. The first-order chi connectivity index (χ1) is 52.3. The van der Waals surface area contributed by atoms with Gasteiger partial charge in [0.15, 0.2) is 0 Å². The van der Waals surface area contributed by atoms with E-state index in [0.29, 0.717) is 60.2 Å². The predicted molar refractivity (Wildman–Crippen MR) is 446 cm³/mol. The Morgan fingerprint density at radius 1 is 0.222 bits per heavy atom. The van der Waals surface area contributed by atoms with E-state index in [0.717, 1.165) is 52.4 Å². The molecular weight excluding hydrogens is 1460 g/mol. The van der Waals surface area contributed by atoms with Gasteiger partial charge in [0.1, 0.15) is 12.3 Å². The van der Waals surface area contributed by atoms with Gasteiger partial charge in [0, 0.05) is 89.0 Å². The van der Waals surface area contributed by atoms with E-state index < -0.39 is 12.3 Å². The molecule has 0 fully saturated rings. The molecule has 12 rings (SSSR count). The number of nitrogens with zero attached hydrogens (tertiary/aromatic N) is 4. The molecule has 0 amide bonds. The number of rotatable bonds is 31. The van der Waals surface area contributed by atoms with Crippen LogP contribution < -0.4 is 85.4 Å².